The standard InChI is InChI=1S/C18H19N5O7S3/c1-2-30-7-6-22-13-4-3-12(23(26)27)9-14(13)32-18(22)21-16(25)11-33(28,29)10-15(24)20-17-19-5-8-31-17/h3-5,8-9H,2,6-7,10-11H2,1H3,(H,19,20,24). The zero-order valence-electron chi connectivity index (χ0n) is 17.3. The zero-order valence-corrected chi connectivity index (χ0v) is 19.7. The van der Waals surface area contributed by atoms with Crippen LogP contribution in [0.2, 0.25) is 0 Å². The third-order valence-electron chi connectivity index (χ3n) is 4.13. The Hall–Kier alpha value is -3.01. The van der Waals surface area contributed by atoms with E-state index in [9.17, 15) is 28.1 Å². The number of rotatable bonds is 10. The molecule has 33 heavy (non-hydrogen) atoms. The van der Waals surface area contributed by atoms with Crippen LogP contribution in [0.15, 0.2) is 34.8 Å². The van der Waals surface area contributed by atoms with Gasteiger partial charge in [-0.2, -0.15) is 4.99 Å². The predicted molar refractivity (Wildman–Crippen MR) is 123 cm³/mol. The summed E-state index contributed by atoms with van der Waals surface area (Å²) in [5, 5.41) is 15.3. The topological polar surface area (TPSA) is 163 Å². The highest BCUT2D eigenvalue weighted by Gasteiger charge is 2.22. The Bertz CT molecular complexity index is 1340. The molecular weight excluding hydrogens is 494 g/mol. The fraction of sp³-hybridized carbons (Fsp3) is 0.333. The van der Waals surface area contributed by atoms with Gasteiger partial charge >= 0.3 is 0 Å². The number of benzene rings is 1. The minimum Gasteiger partial charge on any atom is -0.380 e. The lowest BCUT2D eigenvalue weighted by atomic mass is 10.3. The number of hydrogen-bond acceptors (Lipinski definition) is 10. The molecule has 0 radical (unpaired) electrons. The molecule has 1 N–H and O–H groups in total. The van der Waals surface area contributed by atoms with Crippen molar-refractivity contribution in [2.45, 2.75) is 13.5 Å². The van der Waals surface area contributed by atoms with Gasteiger partial charge < -0.3 is 14.6 Å². The third-order valence-corrected chi connectivity index (χ3v) is 7.25. The molecule has 0 spiro atoms. The fourth-order valence-corrected chi connectivity index (χ4v) is 5.46. The Labute approximate surface area is 195 Å². The summed E-state index contributed by atoms with van der Waals surface area (Å²) in [6.45, 7) is 2.90. The summed E-state index contributed by atoms with van der Waals surface area (Å²) in [4.78, 5) is 42.8. The number of carbonyl (C=O) groups is 2. The maximum atomic E-state index is 12.4. The van der Waals surface area contributed by atoms with Crippen LogP contribution in [0, 0.1) is 10.1 Å². The maximum Gasteiger partial charge on any atom is 0.270 e. The summed E-state index contributed by atoms with van der Waals surface area (Å²) in [6.07, 6.45) is 1.46. The van der Waals surface area contributed by atoms with E-state index in [2.05, 4.69) is 15.3 Å². The normalized spacial score (nSPS) is 12.2. The summed E-state index contributed by atoms with van der Waals surface area (Å²) >= 11 is 2.15. The molecule has 2 aromatic heterocycles. The first-order valence-corrected chi connectivity index (χ1v) is 13.0. The predicted octanol–water partition coefficient (Wildman–Crippen LogP) is 1.58. The Balaban J connectivity index is 1.83. The molecule has 12 nitrogen and oxygen atoms in total. The van der Waals surface area contributed by atoms with E-state index in [1.807, 2.05) is 6.92 Å². The third kappa shape index (κ3) is 6.74. The molecule has 0 unspecified atom stereocenters. The fourth-order valence-electron chi connectivity index (χ4n) is 2.80. The van der Waals surface area contributed by atoms with Crippen LogP contribution in [-0.4, -0.2) is 59.4 Å². The van der Waals surface area contributed by atoms with Gasteiger partial charge in [-0.05, 0) is 13.0 Å². The van der Waals surface area contributed by atoms with E-state index >= 15 is 0 Å². The van der Waals surface area contributed by atoms with E-state index in [0.29, 0.717) is 30.0 Å². The maximum absolute atomic E-state index is 12.4. The van der Waals surface area contributed by atoms with Crippen molar-refractivity contribution < 1.29 is 27.7 Å². The monoisotopic (exact) mass is 513 g/mol. The number of hydrogen-bond donors (Lipinski definition) is 1. The van der Waals surface area contributed by atoms with Crippen LogP contribution in [0.4, 0.5) is 10.8 Å². The summed E-state index contributed by atoms with van der Waals surface area (Å²) in [7, 11) is -4.08. The number of thiazole rings is 2. The quantitative estimate of drug-likeness (QED) is 0.243. The molecule has 0 aliphatic heterocycles. The van der Waals surface area contributed by atoms with Crippen molar-refractivity contribution in [3.63, 3.8) is 0 Å². The second kappa shape index (κ2) is 10.7. The molecule has 0 atom stereocenters. The molecule has 0 fully saturated rings. The lowest BCUT2D eigenvalue weighted by Crippen LogP contribution is -2.28. The smallest absolute Gasteiger partial charge is 0.270 e. The molecule has 2 heterocycles. The first-order chi connectivity index (χ1) is 15.7. The molecule has 3 rings (SSSR count). The van der Waals surface area contributed by atoms with Gasteiger partial charge in [0.25, 0.3) is 11.6 Å². The van der Waals surface area contributed by atoms with Gasteiger partial charge in [-0.25, -0.2) is 13.4 Å². The van der Waals surface area contributed by atoms with Crippen LogP contribution in [0.1, 0.15) is 6.92 Å². The van der Waals surface area contributed by atoms with E-state index < -0.39 is 38.1 Å². The minimum absolute atomic E-state index is 0.118. The van der Waals surface area contributed by atoms with Gasteiger partial charge in [0.05, 0.1) is 21.7 Å². The molecule has 0 saturated heterocycles. The van der Waals surface area contributed by atoms with E-state index in [4.69, 9.17) is 4.74 Å². The summed E-state index contributed by atoms with van der Waals surface area (Å²) < 4.78 is 32.1. The minimum atomic E-state index is -4.08. The van der Waals surface area contributed by atoms with Gasteiger partial charge in [0.15, 0.2) is 19.8 Å². The largest absolute Gasteiger partial charge is 0.380 e. The molecule has 15 heteroatoms. The highest BCUT2D eigenvalue weighted by atomic mass is 32.2. The molecule has 0 aliphatic carbocycles. The van der Waals surface area contributed by atoms with Crippen molar-refractivity contribution in [3.05, 3.63) is 44.7 Å². The van der Waals surface area contributed by atoms with Crippen LogP contribution >= 0.6 is 22.7 Å². The second-order valence-electron chi connectivity index (χ2n) is 6.57. The molecule has 0 saturated carbocycles. The molecule has 2 amide bonds. The highest BCUT2D eigenvalue weighted by molar-refractivity contribution is 7.92. The number of aromatic nitrogens is 2. The Morgan fingerprint density at radius 3 is 2.79 bits per heavy atom. The zero-order chi connectivity index (χ0) is 24.0. The molecule has 3 aromatic rings. The van der Waals surface area contributed by atoms with E-state index in [0.717, 1.165) is 22.7 Å². The number of fused-ring (bicyclic) bond motifs is 1. The summed E-state index contributed by atoms with van der Waals surface area (Å²) in [6, 6.07) is 4.24. The number of ether oxygens (including phenoxy) is 1. The number of nitro benzene ring substituents is 1. The number of nitro groups is 1. The first-order valence-electron chi connectivity index (χ1n) is 9.51. The number of amides is 2. The van der Waals surface area contributed by atoms with E-state index in [1.165, 1.54) is 18.3 Å². The van der Waals surface area contributed by atoms with E-state index in [-0.39, 0.29) is 15.6 Å². The Morgan fingerprint density at radius 2 is 2.12 bits per heavy atom. The number of carbonyl (C=O) groups excluding carboxylic acids is 2. The van der Waals surface area contributed by atoms with Gasteiger partial charge in [-0.3, -0.25) is 19.7 Å². The van der Waals surface area contributed by atoms with Crippen molar-refractivity contribution in [1.29, 1.82) is 0 Å². The lowest BCUT2D eigenvalue weighted by molar-refractivity contribution is -0.384. The van der Waals surface area contributed by atoms with Crippen molar-refractivity contribution in [1.82, 2.24) is 9.55 Å². The summed E-state index contributed by atoms with van der Waals surface area (Å²) in [5.74, 6) is -3.61. The molecular formula is C18H19N5O7S3. The molecule has 1 aromatic carbocycles. The number of sulfone groups is 1. The van der Waals surface area contributed by atoms with Gasteiger partial charge in [0, 0.05) is 36.9 Å². The van der Waals surface area contributed by atoms with Crippen molar-refractivity contribution in [2.75, 3.05) is 30.0 Å². The van der Waals surface area contributed by atoms with Crippen LogP contribution in [0.25, 0.3) is 10.2 Å². The van der Waals surface area contributed by atoms with Gasteiger partial charge in [-0.15, -0.1) is 11.3 Å². The summed E-state index contributed by atoms with van der Waals surface area (Å²) in [5.41, 5.74) is 0.481. The number of nitrogens with zero attached hydrogens (tertiary/aromatic N) is 4. The van der Waals surface area contributed by atoms with Crippen LogP contribution < -0.4 is 10.1 Å². The van der Waals surface area contributed by atoms with Crippen LogP contribution in [-0.2, 0) is 30.7 Å². The molecule has 176 valence electrons. The Kier molecular flexibility index (Phi) is 8.01. The number of nitrogens with one attached hydrogen (secondary N) is 1. The van der Waals surface area contributed by atoms with Crippen molar-refractivity contribution in [2.24, 2.45) is 4.99 Å². The SMILES string of the molecule is CCOCCn1c(=NC(=O)CS(=O)(=O)CC(=O)Nc2nccs2)sc2cc([N+](=O)[O-])ccc21. The molecule has 0 aliphatic rings. The number of anilines is 1. The van der Waals surface area contributed by atoms with Gasteiger partial charge in [0.1, 0.15) is 11.5 Å². The van der Waals surface area contributed by atoms with Gasteiger partial charge in [0.2, 0.25) is 5.91 Å². The van der Waals surface area contributed by atoms with Crippen molar-refractivity contribution in [3.8, 4) is 0 Å². The van der Waals surface area contributed by atoms with Gasteiger partial charge in [-0.1, -0.05) is 11.3 Å². The van der Waals surface area contributed by atoms with E-state index in [1.54, 1.807) is 16.0 Å². The average Bonchev–Trinajstić information content (AvgIpc) is 3.34. The molecule has 0 bridgehead atoms. The average molecular weight is 514 g/mol. The lowest BCUT2D eigenvalue weighted by Gasteiger charge is -2.05. The van der Waals surface area contributed by atoms with Crippen LogP contribution in [0.5, 0.6) is 0 Å². The van der Waals surface area contributed by atoms with Crippen LogP contribution in [0.3, 0.4) is 0 Å². The first kappa shape index (κ1) is 24.6. The highest BCUT2D eigenvalue weighted by Crippen LogP contribution is 2.23. The number of non-ortho nitro benzene ring substituents is 1. The second-order valence-corrected chi connectivity index (χ2v) is 10.5. The van der Waals surface area contributed by atoms with Crippen molar-refractivity contribution >= 4 is 65.4 Å². The Morgan fingerprint density at radius 1 is 1.33 bits per heavy atom.